The van der Waals surface area contributed by atoms with E-state index in [2.05, 4.69) is 29.2 Å². The van der Waals surface area contributed by atoms with Gasteiger partial charge in [0.05, 0.1) is 17.3 Å². The van der Waals surface area contributed by atoms with Crippen LogP contribution in [0, 0.1) is 5.92 Å². The van der Waals surface area contributed by atoms with E-state index in [1.54, 1.807) is 17.9 Å². The van der Waals surface area contributed by atoms with Crippen LogP contribution in [0.1, 0.15) is 30.6 Å². The van der Waals surface area contributed by atoms with E-state index in [9.17, 15) is 9.90 Å². The predicted molar refractivity (Wildman–Crippen MR) is 73.4 cm³/mol. The van der Waals surface area contributed by atoms with Crippen LogP contribution in [0.3, 0.4) is 0 Å². The number of hydrogen-bond donors (Lipinski definition) is 2. The molecular formula is C13H18N4O2. The molecular weight excluding hydrogens is 244 g/mol. The number of nitrogens with one attached hydrogen (secondary N) is 1. The first-order valence-electron chi connectivity index (χ1n) is 6.32. The van der Waals surface area contributed by atoms with Gasteiger partial charge in [0.15, 0.2) is 5.65 Å². The Bertz CT molecular complexity index is 606. The minimum atomic E-state index is -0.982. The number of aromatic nitrogens is 3. The van der Waals surface area contributed by atoms with Crippen molar-refractivity contribution < 1.29 is 9.90 Å². The van der Waals surface area contributed by atoms with Gasteiger partial charge in [-0.2, -0.15) is 5.10 Å². The van der Waals surface area contributed by atoms with E-state index in [-0.39, 0.29) is 5.56 Å². The van der Waals surface area contributed by atoms with Crippen LogP contribution in [-0.2, 0) is 7.05 Å². The number of nitrogens with zero attached hydrogens (tertiary/aromatic N) is 3. The number of carboxylic acid groups (broad SMARTS) is 1. The predicted octanol–water partition coefficient (Wildman–Crippen LogP) is 2.12. The zero-order valence-electron chi connectivity index (χ0n) is 11.3. The fraction of sp³-hybridized carbons (Fsp3) is 0.462. The number of carboxylic acids is 1. The van der Waals surface area contributed by atoms with Crippen LogP contribution in [0.2, 0.25) is 0 Å². The molecule has 6 nitrogen and oxygen atoms in total. The third kappa shape index (κ3) is 2.52. The quantitative estimate of drug-likeness (QED) is 0.862. The fourth-order valence-electron chi connectivity index (χ4n) is 1.87. The van der Waals surface area contributed by atoms with Crippen molar-refractivity contribution in [3.8, 4) is 0 Å². The van der Waals surface area contributed by atoms with Gasteiger partial charge in [0.1, 0.15) is 5.56 Å². The SMILES string of the molecule is CCC(C)CNc1c(C(=O)O)cnc2c1cnn2C. The van der Waals surface area contributed by atoms with Crippen LogP contribution in [0.4, 0.5) is 5.69 Å². The topological polar surface area (TPSA) is 80.0 Å². The molecule has 0 aliphatic rings. The van der Waals surface area contributed by atoms with Gasteiger partial charge in [0.2, 0.25) is 0 Å². The Balaban J connectivity index is 2.47. The normalized spacial score (nSPS) is 12.6. The maximum Gasteiger partial charge on any atom is 0.339 e. The highest BCUT2D eigenvalue weighted by atomic mass is 16.4. The summed E-state index contributed by atoms with van der Waals surface area (Å²) in [5.74, 6) is -0.508. The minimum absolute atomic E-state index is 0.184. The Morgan fingerprint density at radius 3 is 2.89 bits per heavy atom. The van der Waals surface area contributed by atoms with Gasteiger partial charge in [-0.25, -0.2) is 9.78 Å². The number of pyridine rings is 1. The Morgan fingerprint density at radius 2 is 2.26 bits per heavy atom. The van der Waals surface area contributed by atoms with E-state index in [4.69, 9.17) is 0 Å². The lowest BCUT2D eigenvalue weighted by molar-refractivity contribution is 0.0697. The van der Waals surface area contributed by atoms with E-state index < -0.39 is 5.97 Å². The van der Waals surface area contributed by atoms with Crippen molar-refractivity contribution >= 4 is 22.7 Å². The zero-order chi connectivity index (χ0) is 14.0. The van der Waals surface area contributed by atoms with E-state index in [1.807, 2.05) is 0 Å². The number of fused-ring (bicyclic) bond motifs is 1. The molecule has 2 aromatic heterocycles. The van der Waals surface area contributed by atoms with Crippen molar-refractivity contribution in [1.29, 1.82) is 0 Å². The Morgan fingerprint density at radius 1 is 1.53 bits per heavy atom. The molecule has 0 bridgehead atoms. The first-order chi connectivity index (χ1) is 9.04. The average Bonchev–Trinajstić information content (AvgIpc) is 2.77. The smallest absolute Gasteiger partial charge is 0.339 e. The molecule has 0 amide bonds. The van der Waals surface area contributed by atoms with Crippen LogP contribution in [0.25, 0.3) is 11.0 Å². The number of aryl methyl sites for hydroxylation is 1. The summed E-state index contributed by atoms with van der Waals surface area (Å²) in [6.45, 7) is 4.95. The van der Waals surface area contributed by atoms with Crippen molar-refractivity contribution in [3.05, 3.63) is 18.0 Å². The molecule has 2 aromatic rings. The summed E-state index contributed by atoms with van der Waals surface area (Å²) in [5.41, 5.74) is 1.46. The lowest BCUT2D eigenvalue weighted by atomic mass is 10.1. The summed E-state index contributed by atoms with van der Waals surface area (Å²) in [7, 11) is 1.79. The van der Waals surface area contributed by atoms with Gasteiger partial charge in [-0.3, -0.25) is 4.68 Å². The first-order valence-corrected chi connectivity index (χ1v) is 6.32. The van der Waals surface area contributed by atoms with Gasteiger partial charge in [0.25, 0.3) is 0 Å². The first kappa shape index (κ1) is 13.3. The van der Waals surface area contributed by atoms with Crippen molar-refractivity contribution in [2.75, 3.05) is 11.9 Å². The van der Waals surface area contributed by atoms with Crippen LogP contribution >= 0.6 is 0 Å². The van der Waals surface area contributed by atoms with Gasteiger partial charge in [0, 0.05) is 19.8 Å². The van der Waals surface area contributed by atoms with E-state index >= 15 is 0 Å². The molecule has 0 saturated carbocycles. The Labute approximate surface area is 111 Å². The summed E-state index contributed by atoms with van der Waals surface area (Å²) < 4.78 is 1.63. The summed E-state index contributed by atoms with van der Waals surface area (Å²) in [6, 6.07) is 0. The minimum Gasteiger partial charge on any atom is -0.478 e. The standard InChI is InChI=1S/C13H18N4O2/c1-4-8(2)5-14-11-9-7-16-17(3)12(9)15-6-10(11)13(18)19/h6-8H,4-5H2,1-3H3,(H,14,15)(H,18,19). The van der Waals surface area contributed by atoms with Crippen LogP contribution < -0.4 is 5.32 Å². The Kier molecular flexibility index (Phi) is 3.69. The van der Waals surface area contributed by atoms with Gasteiger partial charge < -0.3 is 10.4 Å². The number of aromatic carboxylic acids is 1. The van der Waals surface area contributed by atoms with Gasteiger partial charge in [-0.1, -0.05) is 20.3 Å². The van der Waals surface area contributed by atoms with Crippen molar-refractivity contribution in [3.63, 3.8) is 0 Å². The van der Waals surface area contributed by atoms with Crippen molar-refractivity contribution in [1.82, 2.24) is 14.8 Å². The van der Waals surface area contributed by atoms with Crippen LogP contribution in [-0.4, -0.2) is 32.4 Å². The number of anilines is 1. The maximum absolute atomic E-state index is 11.3. The molecule has 0 aliphatic heterocycles. The van der Waals surface area contributed by atoms with E-state index in [0.717, 1.165) is 18.4 Å². The second kappa shape index (κ2) is 5.26. The van der Waals surface area contributed by atoms with Gasteiger partial charge >= 0.3 is 5.97 Å². The molecule has 2 heterocycles. The maximum atomic E-state index is 11.3. The van der Waals surface area contributed by atoms with E-state index in [1.165, 1.54) is 6.20 Å². The molecule has 2 rings (SSSR count). The number of rotatable bonds is 5. The highest BCUT2D eigenvalue weighted by Crippen LogP contribution is 2.26. The average molecular weight is 262 g/mol. The van der Waals surface area contributed by atoms with Crippen LogP contribution in [0.15, 0.2) is 12.4 Å². The molecule has 1 unspecified atom stereocenters. The molecule has 0 spiro atoms. The second-order valence-electron chi connectivity index (χ2n) is 4.75. The molecule has 2 N–H and O–H groups in total. The molecule has 1 atom stereocenters. The Hall–Kier alpha value is -2.11. The molecule has 102 valence electrons. The summed E-state index contributed by atoms with van der Waals surface area (Å²) in [5, 5.41) is 17.3. The fourth-order valence-corrected chi connectivity index (χ4v) is 1.87. The largest absolute Gasteiger partial charge is 0.478 e. The molecule has 0 saturated heterocycles. The molecule has 0 aliphatic carbocycles. The molecule has 19 heavy (non-hydrogen) atoms. The zero-order valence-corrected chi connectivity index (χ0v) is 11.3. The lowest BCUT2D eigenvalue weighted by Gasteiger charge is -2.14. The third-order valence-corrected chi connectivity index (χ3v) is 3.32. The highest BCUT2D eigenvalue weighted by molar-refractivity contribution is 6.03. The molecule has 0 fully saturated rings. The summed E-state index contributed by atoms with van der Waals surface area (Å²) >= 11 is 0. The third-order valence-electron chi connectivity index (χ3n) is 3.32. The summed E-state index contributed by atoms with van der Waals surface area (Å²) in [4.78, 5) is 15.4. The monoisotopic (exact) mass is 262 g/mol. The number of hydrogen-bond acceptors (Lipinski definition) is 4. The molecule has 0 aromatic carbocycles. The van der Waals surface area contributed by atoms with Crippen molar-refractivity contribution in [2.24, 2.45) is 13.0 Å². The number of carbonyl (C=O) groups is 1. The lowest BCUT2D eigenvalue weighted by Crippen LogP contribution is -2.14. The van der Waals surface area contributed by atoms with Gasteiger partial charge in [-0.15, -0.1) is 0 Å². The molecule has 0 radical (unpaired) electrons. The second-order valence-corrected chi connectivity index (χ2v) is 4.75. The van der Waals surface area contributed by atoms with E-state index in [0.29, 0.717) is 17.3 Å². The van der Waals surface area contributed by atoms with Gasteiger partial charge in [-0.05, 0) is 5.92 Å². The van der Waals surface area contributed by atoms with Crippen LogP contribution in [0.5, 0.6) is 0 Å². The molecule has 6 heteroatoms. The highest BCUT2D eigenvalue weighted by Gasteiger charge is 2.17. The van der Waals surface area contributed by atoms with Crippen molar-refractivity contribution in [2.45, 2.75) is 20.3 Å². The summed E-state index contributed by atoms with van der Waals surface area (Å²) in [6.07, 6.45) is 4.07.